The molecule has 3 aromatic rings. The van der Waals surface area contributed by atoms with Crippen LogP contribution in [0.4, 0.5) is 0 Å². The lowest BCUT2D eigenvalue weighted by atomic mass is 9.70. The summed E-state index contributed by atoms with van der Waals surface area (Å²) in [4.78, 5) is 28.8. The number of sulfone groups is 1. The van der Waals surface area contributed by atoms with Crippen LogP contribution in [-0.2, 0) is 15.3 Å². The van der Waals surface area contributed by atoms with Crippen molar-refractivity contribution in [3.63, 3.8) is 0 Å². The monoisotopic (exact) mass is 447 g/mol. The van der Waals surface area contributed by atoms with Gasteiger partial charge in [-0.05, 0) is 53.8 Å². The Hall–Kier alpha value is -3.44. The van der Waals surface area contributed by atoms with Crippen molar-refractivity contribution in [2.75, 3.05) is 11.5 Å². The molecule has 3 N–H and O–H groups in total. The Morgan fingerprint density at radius 1 is 1.25 bits per heavy atom. The first-order chi connectivity index (χ1) is 15.0. The van der Waals surface area contributed by atoms with E-state index in [0.717, 1.165) is 5.56 Å². The number of nitrogens with one attached hydrogen (secondary N) is 1. The molecule has 162 valence electrons. The number of aromatic nitrogens is 1. The lowest BCUT2D eigenvalue weighted by molar-refractivity contribution is 0.0995. The first-order valence-electron chi connectivity index (χ1n) is 10.3. The number of H-pyrrole nitrogens is 1. The molecule has 1 saturated heterocycles. The zero-order valence-electron chi connectivity index (χ0n) is 17.7. The number of benzene rings is 2. The molecule has 0 bridgehead atoms. The molecule has 0 radical (unpaired) electrons. The molecule has 2 heterocycles. The largest absolute Gasteiger partial charge is 0.366 e. The number of nitrogens with zero attached hydrogens (tertiary/aromatic N) is 1. The molecule has 1 atom stereocenters. The number of primary amides is 1. The molecule has 2 aliphatic rings. The van der Waals surface area contributed by atoms with Gasteiger partial charge in [0, 0.05) is 33.1 Å². The second-order valence-corrected chi connectivity index (χ2v) is 11.4. The van der Waals surface area contributed by atoms with Crippen molar-refractivity contribution in [3.8, 4) is 6.07 Å². The van der Waals surface area contributed by atoms with Gasteiger partial charge in [-0.1, -0.05) is 13.8 Å². The van der Waals surface area contributed by atoms with Gasteiger partial charge in [-0.25, -0.2) is 8.42 Å². The molecule has 7 nitrogen and oxygen atoms in total. The molecule has 8 heteroatoms. The fourth-order valence-corrected chi connectivity index (χ4v) is 6.94. The maximum absolute atomic E-state index is 13.7. The van der Waals surface area contributed by atoms with Crippen LogP contribution in [0.15, 0.2) is 30.3 Å². The van der Waals surface area contributed by atoms with Crippen LogP contribution in [0.1, 0.15) is 74.8 Å². The van der Waals surface area contributed by atoms with Gasteiger partial charge in [0.25, 0.3) is 0 Å². The van der Waals surface area contributed by atoms with Gasteiger partial charge in [-0.15, -0.1) is 0 Å². The minimum atomic E-state index is -3.16. The summed E-state index contributed by atoms with van der Waals surface area (Å²) < 4.78 is 24.3. The number of fused-ring (bicyclic) bond motifs is 4. The summed E-state index contributed by atoms with van der Waals surface area (Å²) >= 11 is 0. The number of hydrogen-bond donors (Lipinski definition) is 2. The van der Waals surface area contributed by atoms with Crippen molar-refractivity contribution in [1.29, 1.82) is 5.26 Å². The molecular weight excluding hydrogens is 426 g/mol. The van der Waals surface area contributed by atoms with Gasteiger partial charge in [-0.2, -0.15) is 5.26 Å². The van der Waals surface area contributed by atoms with E-state index in [1.54, 1.807) is 30.3 Å². The van der Waals surface area contributed by atoms with Crippen molar-refractivity contribution in [2.24, 2.45) is 5.73 Å². The van der Waals surface area contributed by atoms with Crippen LogP contribution in [-0.4, -0.2) is 36.6 Å². The summed E-state index contributed by atoms with van der Waals surface area (Å²) in [5.41, 5.74) is 9.29. The standard InChI is InChI=1S/C24H21N3O4S/c1-24(2)17-9-13(23(26)29)3-4-15(17)21(28)20-19-16(14-5-6-32(30,31)11-14)7-12(10-25)8-18(19)27-22(20)24/h3-4,7-9,14,27H,5-6,11H2,1-2H3,(H2,26,29). The maximum atomic E-state index is 13.7. The number of carbonyl (C=O) groups excluding carboxylic acids is 2. The number of ketones is 1. The highest BCUT2D eigenvalue weighted by Gasteiger charge is 2.41. The Bertz CT molecular complexity index is 1510. The molecule has 1 aromatic heterocycles. The lowest BCUT2D eigenvalue weighted by Crippen LogP contribution is -2.31. The van der Waals surface area contributed by atoms with E-state index in [1.807, 2.05) is 13.8 Å². The normalized spacial score (nSPS) is 20.5. The molecule has 1 aliphatic carbocycles. The van der Waals surface area contributed by atoms with E-state index in [1.165, 1.54) is 0 Å². The van der Waals surface area contributed by atoms with Gasteiger partial charge >= 0.3 is 0 Å². The molecule has 32 heavy (non-hydrogen) atoms. The predicted molar refractivity (Wildman–Crippen MR) is 120 cm³/mol. The van der Waals surface area contributed by atoms with Gasteiger partial charge in [0.2, 0.25) is 5.91 Å². The Labute approximate surface area is 185 Å². The average Bonchev–Trinajstić information content (AvgIpc) is 3.31. The molecule has 1 fully saturated rings. The minimum Gasteiger partial charge on any atom is -0.366 e. The predicted octanol–water partition coefficient (Wildman–Crippen LogP) is 2.91. The highest BCUT2D eigenvalue weighted by molar-refractivity contribution is 7.91. The number of nitrogens with two attached hydrogens (primary N) is 1. The van der Waals surface area contributed by atoms with Crippen LogP contribution < -0.4 is 5.73 Å². The second-order valence-electron chi connectivity index (χ2n) is 9.15. The third-order valence-corrected chi connectivity index (χ3v) is 8.57. The van der Waals surface area contributed by atoms with E-state index < -0.39 is 21.2 Å². The zero-order valence-corrected chi connectivity index (χ0v) is 18.5. The first kappa shape index (κ1) is 20.5. The highest BCUT2D eigenvalue weighted by Crippen LogP contribution is 2.46. The number of rotatable bonds is 2. The summed E-state index contributed by atoms with van der Waals surface area (Å²) in [5.74, 6) is -0.927. The number of carbonyl (C=O) groups is 2. The van der Waals surface area contributed by atoms with Crippen molar-refractivity contribution < 1.29 is 18.0 Å². The van der Waals surface area contributed by atoms with E-state index in [9.17, 15) is 23.3 Å². The Kier molecular flexibility index (Phi) is 4.18. The van der Waals surface area contributed by atoms with Crippen molar-refractivity contribution >= 4 is 32.4 Å². The molecule has 0 spiro atoms. The lowest BCUT2D eigenvalue weighted by Gasteiger charge is -2.32. The van der Waals surface area contributed by atoms with Gasteiger partial charge in [0.1, 0.15) is 0 Å². The molecule has 1 amide bonds. The zero-order chi connectivity index (χ0) is 23.0. The topological polar surface area (TPSA) is 134 Å². The molecule has 0 saturated carbocycles. The fraction of sp³-hybridized carbons (Fsp3) is 0.292. The van der Waals surface area contributed by atoms with Gasteiger partial charge in [0.05, 0.1) is 28.7 Å². The first-order valence-corrected chi connectivity index (χ1v) is 12.2. The van der Waals surface area contributed by atoms with E-state index in [-0.39, 0.29) is 23.2 Å². The second kappa shape index (κ2) is 6.53. The fourth-order valence-electron chi connectivity index (χ4n) is 5.17. The summed E-state index contributed by atoms with van der Waals surface area (Å²) in [6.45, 7) is 3.92. The van der Waals surface area contributed by atoms with Crippen LogP contribution in [0.5, 0.6) is 0 Å². The molecular formula is C24H21N3O4S. The third kappa shape index (κ3) is 2.81. The summed E-state index contributed by atoms with van der Waals surface area (Å²) in [5, 5.41) is 10.2. The van der Waals surface area contributed by atoms with Crippen LogP contribution in [0.25, 0.3) is 10.9 Å². The Balaban J connectivity index is 1.82. The number of hydrogen-bond acceptors (Lipinski definition) is 5. The third-order valence-electron chi connectivity index (χ3n) is 6.80. The van der Waals surface area contributed by atoms with E-state index >= 15 is 0 Å². The van der Waals surface area contributed by atoms with Crippen LogP contribution in [0, 0.1) is 11.3 Å². The summed E-state index contributed by atoms with van der Waals surface area (Å²) in [6.07, 6.45) is 0.461. The molecule has 1 aliphatic heterocycles. The number of aromatic amines is 1. The smallest absolute Gasteiger partial charge is 0.248 e. The van der Waals surface area contributed by atoms with Crippen LogP contribution >= 0.6 is 0 Å². The summed E-state index contributed by atoms with van der Waals surface area (Å²) in [6, 6.07) is 10.4. The quantitative estimate of drug-likeness (QED) is 0.623. The molecule has 2 aromatic carbocycles. The van der Waals surface area contributed by atoms with Crippen molar-refractivity contribution in [1.82, 2.24) is 4.98 Å². The van der Waals surface area contributed by atoms with Crippen LogP contribution in [0.2, 0.25) is 0 Å². The van der Waals surface area contributed by atoms with E-state index in [0.29, 0.717) is 50.8 Å². The minimum absolute atomic E-state index is 0.00702. The van der Waals surface area contributed by atoms with Crippen molar-refractivity contribution in [3.05, 3.63) is 69.4 Å². The van der Waals surface area contributed by atoms with Crippen LogP contribution in [0.3, 0.4) is 0 Å². The Morgan fingerprint density at radius 3 is 2.62 bits per heavy atom. The van der Waals surface area contributed by atoms with Gasteiger partial charge in [-0.3, -0.25) is 9.59 Å². The van der Waals surface area contributed by atoms with Crippen molar-refractivity contribution in [2.45, 2.75) is 31.6 Å². The van der Waals surface area contributed by atoms with Gasteiger partial charge < -0.3 is 10.7 Å². The SMILES string of the molecule is CC1(C)c2cc(C(N)=O)ccc2C(=O)c2c1[nH]c1cc(C#N)cc(C3CCS(=O)(=O)C3)c21. The molecule has 5 rings (SSSR count). The van der Waals surface area contributed by atoms with E-state index in [4.69, 9.17) is 5.73 Å². The number of nitriles is 1. The number of amides is 1. The maximum Gasteiger partial charge on any atom is 0.248 e. The molecule has 1 unspecified atom stereocenters. The van der Waals surface area contributed by atoms with E-state index in [2.05, 4.69) is 11.1 Å². The average molecular weight is 448 g/mol. The van der Waals surface area contributed by atoms with Gasteiger partial charge in [0.15, 0.2) is 15.6 Å². The highest BCUT2D eigenvalue weighted by atomic mass is 32.2. The Morgan fingerprint density at radius 2 is 2.00 bits per heavy atom. The summed E-state index contributed by atoms with van der Waals surface area (Å²) in [7, 11) is -3.16.